The largest absolute Gasteiger partial charge is 0.399 e. The van der Waals surface area contributed by atoms with Crippen LogP contribution in [0.1, 0.15) is 36.0 Å². The Balaban J connectivity index is 0.00000182. The highest BCUT2D eigenvalue weighted by molar-refractivity contribution is 5.85. The molecule has 132 valence electrons. The Labute approximate surface area is 155 Å². The highest BCUT2D eigenvalue weighted by Crippen LogP contribution is 2.60. The van der Waals surface area contributed by atoms with Gasteiger partial charge in [0.1, 0.15) is 0 Å². The Kier molecular flexibility index (Phi) is 5.05. The molecule has 1 spiro atoms. The number of anilines is 1. The van der Waals surface area contributed by atoms with Crippen LogP contribution in [-0.2, 0) is 23.1 Å². The number of halogens is 1. The van der Waals surface area contributed by atoms with E-state index in [2.05, 4.69) is 29.6 Å². The summed E-state index contributed by atoms with van der Waals surface area (Å²) < 4.78 is 0. The summed E-state index contributed by atoms with van der Waals surface area (Å²) in [6, 6.07) is 16.6. The third-order valence-electron chi connectivity index (χ3n) is 5.71. The van der Waals surface area contributed by atoms with Gasteiger partial charge in [-0.05, 0) is 60.9 Å². The number of nitrogens with two attached hydrogens (primary N) is 1. The molecule has 0 bridgehead atoms. The van der Waals surface area contributed by atoms with E-state index in [0.717, 1.165) is 31.4 Å². The summed E-state index contributed by atoms with van der Waals surface area (Å²) in [4.78, 5) is 12.6. The first-order valence-corrected chi connectivity index (χ1v) is 8.89. The van der Waals surface area contributed by atoms with Gasteiger partial charge >= 0.3 is 0 Å². The second-order valence-corrected chi connectivity index (χ2v) is 7.21. The molecule has 1 fully saturated rings. The first-order valence-electron chi connectivity index (χ1n) is 8.89. The zero-order valence-corrected chi connectivity index (χ0v) is 15.1. The van der Waals surface area contributed by atoms with E-state index in [9.17, 15) is 4.79 Å². The number of carbonyl (C=O) groups excluding carboxylic acids is 1. The summed E-state index contributed by atoms with van der Waals surface area (Å²) in [5.41, 5.74) is 10.7. The first-order chi connectivity index (χ1) is 11.7. The lowest BCUT2D eigenvalue weighted by atomic mass is 9.78. The smallest absolute Gasteiger partial charge is 0.224 e. The number of aryl methyl sites for hydroxylation is 1. The maximum Gasteiger partial charge on any atom is 0.224 e. The number of rotatable bonds is 4. The van der Waals surface area contributed by atoms with Gasteiger partial charge < -0.3 is 11.1 Å². The summed E-state index contributed by atoms with van der Waals surface area (Å²) >= 11 is 0. The molecule has 25 heavy (non-hydrogen) atoms. The molecule has 0 radical (unpaired) electrons. The standard InChI is InChI=1S/C21H24N2O.ClH/c22-17-9-7-15(8-10-17)11-13-23-20(24)19-14-21(19)12-3-5-16-4-1-2-6-18(16)21;/h1-2,4,6-10,19H,3,5,11-14,22H2,(H,23,24);1H. The van der Waals surface area contributed by atoms with Crippen LogP contribution in [0.3, 0.4) is 0 Å². The molecular weight excluding hydrogens is 332 g/mol. The molecule has 3 nitrogen and oxygen atoms in total. The van der Waals surface area contributed by atoms with Crippen LogP contribution in [0.25, 0.3) is 0 Å². The fourth-order valence-electron chi connectivity index (χ4n) is 4.31. The zero-order chi connectivity index (χ0) is 16.6. The third-order valence-corrected chi connectivity index (χ3v) is 5.71. The van der Waals surface area contributed by atoms with Crippen molar-refractivity contribution in [2.45, 2.75) is 37.5 Å². The van der Waals surface area contributed by atoms with Crippen LogP contribution >= 0.6 is 12.4 Å². The lowest BCUT2D eigenvalue weighted by Crippen LogP contribution is -2.31. The number of amides is 1. The molecule has 1 amide bonds. The lowest BCUT2D eigenvalue weighted by Gasteiger charge is -2.26. The van der Waals surface area contributed by atoms with E-state index in [1.807, 2.05) is 24.3 Å². The normalized spacial score (nSPS) is 23.4. The molecule has 2 unspecified atom stereocenters. The number of fused-ring (bicyclic) bond motifs is 2. The van der Waals surface area contributed by atoms with Gasteiger partial charge in [-0.3, -0.25) is 4.79 Å². The average molecular weight is 357 g/mol. The van der Waals surface area contributed by atoms with Gasteiger partial charge in [0.15, 0.2) is 0 Å². The monoisotopic (exact) mass is 356 g/mol. The fourth-order valence-corrected chi connectivity index (χ4v) is 4.31. The molecule has 3 N–H and O–H groups in total. The third kappa shape index (κ3) is 3.38. The minimum absolute atomic E-state index is 0. The minimum Gasteiger partial charge on any atom is -0.399 e. The minimum atomic E-state index is 0. The predicted octanol–water partition coefficient (Wildman–Crippen LogP) is 3.64. The molecule has 2 aliphatic rings. The summed E-state index contributed by atoms with van der Waals surface area (Å²) in [6.07, 6.45) is 5.37. The second kappa shape index (κ2) is 7.09. The van der Waals surface area contributed by atoms with Gasteiger partial charge in [0.05, 0.1) is 0 Å². The molecule has 4 heteroatoms. The molecular formula is C21H25ClN2O. The van der Waals surface area contributed by atoms with E-state index in [-0.39, 0.29) is 29.6 Å². The van der Waals surface area contributed by atoms with Crippen molar-refractivity contribution in [3.8, 4) is 0 Å². The van der Waals surface area contributed by atoms with Crippen LogP contribution in [-0.4, -0.2) is 12.5 Å². The molecule has 1 saturated carbocycles. The fraction of sp³-hybridized carbons (Fsp3) is 0.381. The van der Waals surface area contributed by atoms with Crippen LogP contribution < -0.4 is 11.1 Å². The molecule has 2 atom stereocenters. The number of nitrogens with one attached hydrogen (secondary N) is 1. The zero-order valence-electron chi connectivity index (χ0n) is 14.3. The number of nitrogen functional groups attached to an aromatic ring is 1. The van der Waals surface area contributed by atoms with Crippen LogP contribution in [0.4, 0.5) is 5.69 Å². The molecule has 0 saturated heterocycles. The second-order valence-electron chi connectivity index (χ2n) is 7.21. The van der Waals surface area contributed by atoms with Crippen LogP contribution in [0.15, 0.2) is 48.5 Å². The number of hydrogen-bond donors (Lipinski definition) is 2. The topological polar surface area (TPSA) is 55.1 Å². The molecule has 2 aromatic carbocycles. The molecule has 0 aromatic heterocycles. The van der Waals surface area contributed by atoms with Crippen molar-refractivity contribution in [2.75, 3.05) is 12.3 Å². The van der Waals surface area contributed by atoms with E-state index in [1.54, 1.807) is 0 Å². The summed E-state index contributed by atoms with van der Waals surface area (Å²) in [7, 11) is 0. The maximum absolute atomic E-state index is 12.6. The summed E-state index contributed by atoms with van der Waals surface area (Å²) in [5, 5.41) is 3.14. The average Bonchev–Trinajstić information content (AvgIpc) is 3.32. The van der Waals surface area contributed by atoms with E-state index in [4.69, 9.17) is 5.73 Å². The Hall–Kier alpha value is -2.00. The van der Waals surface area contributed by atoms with Gasteiger partial charge in [-0.2, -0.15) is 0 Å². The van der Waals surface area contributed by atoms with E-state index < -0.39 is 0 Å². The van der Waals surface area contributed by atoms with Crippen LogP contribution in [0.2, 0.25) is 0 Å². The molecule has 2 aromatic rings. The SMILES string of the molecule is Cl.Nc1ccc(CCNC(=O)C2CC23CCCc2ccccc23)cc1. The van der Waals surface area contributed by atoms with Crippen molar-refractivity contribution < 1.29 is 4.79 Å². The predicted molar refractivity (Wildman–Crippen MR) is 104 cm³/mol. The Morgan fingerprint density at radius 2 is 1.92 bits per heavy atom. The van der Waals surface area contributed by atoms with Crippen LogP contribution in [0.5, 0.6) is 0 Å². The van der Waals surface area contributed by atoms with E-state index in [0.29, 0.717) is 6.54 Å². The lowest BCUT2D eigenvalue weighted by molar-refractivity contribution is -0.122. The quantitative estimate of drug-likeness (QED) is 0.822. The highest BCUT2D eigenvalue weighted by atomic mass is 35.5. The van der Waals surface area contributed by atoms with E-state index in [1.165, 1.54) is 23.1 Å². The number of benzene rings is 2. The van der Waals surface area contributed by atoms with Crippen molar-refractivity contribution in [1.82, 2.24) is 5.32 Å². The Bertz CT molecular complexity index is 759. The maximum atomic E-state index is 12.6. The van der Waals surface area contributed by atoms with Crippen molar-refractivity contribution in [3.05, 3.63) is 65.2 Å². The van der Waals surface area contributed by atoms with Crippen molar-refractivity contribution in [1.29, 1.82) is 0 Å². The molecule has 4 rings (SSSR count). The Morgan fingerprint density at radius 3 is 2.72 bits per heavy atom. The van der Waals surface area contributed by atoms with Gasteiger partial charge in [0.2, 0.25) is 5.91 Å². The van der Waals surface area contributed by atoms with Gasteiger partial charge in [-0.1, -0.05) is 36.4 Å². The number of hydrogen-bond acceptors (Lipinski definition) is 2. The van der Waals surface area contributed by atoms with Gasteiger partial charge in [0.25, 0.3) is 0 Å². The summed E-state index contributed by atoms with van der Waals surface area (Å²) in [6.45, 7) is 0.691. The van der Waals surface area contributed by atoms with Crippen molar-refractivity contribution >= 4 is 24.0 Å². The highest BCUT2D eigenvalue weighted by Gasteiger charge is 2.59. The first kappa shape index (κ1) is 17.8. The van der Waals surface area contributed by atoms with Crippen LogP contribution in [0, 0.1) is 5.92 Å². The van der Waals surface area contributed by atoms with E-state index >= 15 is 0 Å². The van der Waals surface area contributed by atoms with Gasteiger partial charge in [-0.25, -0.2) is 0 Å². The molecule has 0 heterocycles. The van der Waals surface area contributed by atoms with Gasteiger partial charge in [-0.15, -0.1) is 12.4 Å². The summed E-state index contributed by atoms with van der Waals surface area (Å²) in [5.74, 6) is 0.382. The Morgan fingerprint density at radius 1 is 1.16 bits per heavy atom. The molecule has 2 aliphatic carbocycles. The molecule has 0 aliphatic heterocycles. The van der Waals surface area contributed by atoms with Crippen molar-refractivity contribution in [3.63, 3.8) is 0 Å². The van der Waals surface area contributed by atoms with Gasteiger partial charge in [0, 0.05) is 23.6 Å². The number of carbonyl (C=O) groups is 1. The van der Waals surface area contributed by atoms with Crippen molar-refractivity contribution in [2.24, 2.45) is 5.92 Å².